The standard InChI is InChI=1S/C15H11Cl3N2O4/c1-8-4-9(20(22)23)2-3-13(8)19-15(21)7-24-14-6-11(17)10(16)5-12(14)18/h2-6H,7H2,1H3,(H,19,21). The SMILES string of the molecule is Cc1cc([N+](=O)[O-])ccc1NC(=O)COc1cc(Cl)c(Cl)cc1Cl. The van der Waals surface area contributed by atoms with Crippen molar-refractivity contribution in [3.05, 3.63) is 61.1 Å². The summed E-state index contributed by atoms with van der Waals surface area (Å²) in [4.78, 5) is 22.1. The van der Waals surface area contributed by atoms with Crippen molar-refractivity contribution >= 4 is 52.1 Å². The maximum Gasteiger partial charge on any atom is 0.269 e. The average molecular weight is 390 g/mol. The molecule has 0 aliphatic heterocycles. The number of anilines is 1. The molecule has 0 aromatic heterocycles. The fraction of sp³-hybridized carbons (Fsp3) is 0.133. The topological polar surface area (TPSA) is 81.5 Å². The van der Waals surface area contributed by atoms with E-state index in [0.717, 1.165) is 0 Å². The van der Waals surface area contributed by atoms with Crippen molar-refractivity contribution in [1.29, 1.82) is 0 Å². The van der Waals surface area contributed by atoms with Crippen molar-refractivity contribution in [3.63, 3.8) is 0 Å². The van der Waals surface area contributed by atoms with Crippen LogP contribution in [0, 0.1) is 17.0 Å². The summed E-state index contributed by atoms with van der Waals surface area (Å²) in [5.74, 6) is -0.226. The molecule has 0 fully saturated rings. The van der Waals surface area contributed by atoms with Gasteiger partial charge in [-0.2, -0.15) is 0 Å². The maximum atomic E-state index is 11.9. The summed E-state index contributed by atoms with van der Waals surface area (Å²) in [5, 5.41) is 14.1. The molecule has 1 N–H and O–H groups in total. The van der Waals surface area contributed by atoms with Gasteiger partial charge in [-0.25, -0.2) is 0 Å². The maximum absolute atomic E-state index is 11.9. The molecular formula is C15H11Cl3N2O4. The number of hydrogen-bond acceptors (Lipinski definition) is 4. The third-order valence-electron chi connectivity index (χ3n) is 3.03. The van der Waals surface area contributed by atoms with Crippen LogP contribution in [0.15, 0.2) is 30.3 Å². The number of nitro groups is 1. The van der Waals surface area contributed by atoms with Gasteiger partial charge in [0.05, 0.1) is 20.0 Å². The lowest BCUT2D eigenvalue weighted by molar-refractivity contribution is -0.384. The van der Waals surface area contributed by atoms with Gasteiger partial charge in [-0.15, -0.1) is 0 Å². The Balaban J connectivity index is 2.01. The summed E-state index contributed by atoms with van der Waals surface area (Å²) in [6.07, 6.45) is 0. The zero-order valence-corrected chi connectivity index (χ0v) is 14.6. The van der Waals surface area contributed by atoms with Crippen molar-refractivity contribution in [2.24, 2.45) is 0 Å². The molecule has 2 aromatic carbocycles. The highest BCUT2D eigenvalue weighted by atomic mass is 35.5. The Bertz CT molecular complexity index is 812. The normalized spacial score (nSPS) is 10.3. The number of hydrogen-bond donors (Lipinski definition) is 1. The smallest absolute Gasteiger partial charge is 0.269 e. The van der Waals surface area contributed by atoms with Gasteiger partial charge in [0.25, 0.3) is 11.6 Å². The molecule has 0 saturated carbocycles. The Morgan fingerprint density at radius 1 is 1.17 bits per heavy atom. The number of ether oxygens (including phenoxy) is 1. The summed E-state index contributed by atoms with van der Waals surface area (Å²) in [5.41, 5.74) is 0.962. The first-order chi connectivity index (χ1) is 11.3. The highest BCUT2D eigenvalue weighted by Gasteiger charge is 2.12. The largest absolute Gasteiger partial charge is 0.482 e. The lowest BCUT2D eigenvalue weighted by atomic mass is 10.2. The summed E-state index contributed by atoms with van der Waals surface area (Å²) in [6, 6.07) is 6.96. The van der Waals surface area contributed by atoms with Crippen molar-refractivity contribution in [2.45, 2.75) is 6.92 Å². The first-order valence-corrected chi connectivity index (χ1v) is 7.73. The molecular weight excluding hydrogens is 379 g/mol. The minimum absolute atomic E-state index is 0.0515. The molecule has 0 heterocycles. The minimum atomic E-state index is -0.506. The molecule has 1 amide bonds. The zero-order chi connectivity index (χ0) is 17.9. The number of non-ortho nitro benzene ring substituents is 1. The van der Waals surface area contributed by atoms with Crippen molar-refractivity contribution in [3.8, 4) is 5.75 Å². The van der Waals surface area contributed by atoms with Gasteiger partial charge in [0.1, 0.15) is 5.75 Å². The molecule has 24 heavy (non-hydrogen) atoms. The number of aryl methyl sites for hydroxylation is 1. The Hall–Kier alpha value is -2.02. The second kappa shape index (κ2) is 7.70. The van der Waals surface area contributed by atoms with E-state index in [9.17, 15) is 14.9 Å². The molecule has 0 aliphatic rings. The monoisotopic (exact) mass is 388 g/mol. The lowest BCUT2D eigenvalue weighted by Crippen LogP contribution is -2.20. The zero-order valence-electron chi connectivity index (χ0n) is 12.3. The third-order valence-corrected chi connectivity index (χ3v) is 4.05. The molecule has 0 spiro atoms. The quantitative estimate of drug-likeness (QED) is 0.449. The second-order valence-electron chi connectivity index (χ2n) is 4.79. The van der Waals surface area contributed by atoms with Crippen molar-refractivity contribution in [1.82, 2.24) is 0 Å². The van der Waals surface area contributed by atoms with Crippen LogP contribution in [0.5, 0.6) is 5.75 Å². The molecule has 0 aliphatic carbocycles. The fourth-order valence-corrected chi connectivity index (χ4v) is 2.44. The van der Waals surface area contributed by atoms with Gasteiger partial charge in [-0.05, 0) is 24.6 Å². The number of halogens is 3. The number of rotatable bonds is 5. The average Bonchev–Trinajstić information content (AvgIpc) is 2.51. The van der Waals surface area contributed by atoms with E-state index in [-0.39, 0.29) is 33.1 Å². The van der Waals surface area contributed by atoms with Gasteiger partial charge in [-0.1, -0.05) is 34.8 Å². The van der Waals surface area contributed by atoms with E-state index in [0.29, 0.717) is 11.3 Å². The summed E-state index contributed by atoms with van der Waals surface area (Å²) < 4.78 is 5.31. The molecule has 126 valence electrons. The lowest BCUT2D eigenvalue weighted by Gasteiger charge is -2.11. The van der Waals surface area contributed by atoms with Gasteiger partial charge in [0.2, 0.25) is 0 Å². The van der Waals surface area contributed by atoms with E-state index >= 15 is 0 Å². The van der Waals surface area contributed by atoms with E-state index < -0.39 is 10.8 Å². The molecule has 2 aromatic rings. The summed E-state index contributed by atoms with van der Waals surface area (Å²) >= 11 is 17.6. The van der Waals surface area contributed by atoms with Gasteiger partial charge in [0.15, 0.2) is 6.61 Å². The van der Waals surface area contributed by atoms with Gasteiger partial charge >= 0.3 is 0 Å². The number of carbonyl (C=O) groups is 1. The highest BCUT2D eigenvalue weighted by Crippen LogP contribution is 2.33. The van der Waals surface area contributed by atoms with Crippen LogP contribution in [0.2, 0.25) is 15.1 Å². The molecule has 0 radical (unpaired) electrons. The van der Waals surface area contributed by atoms with Crippen molar-refractivity contribution < 1.29 is 14.5 Å². The van der Waals surface area contributed by atoms with Crippen LogP contribution in [0.25, 0.3) is 0 Å². The van der Waals surface area contributed by atoms with Crippen LogP contribution in [0.3, 0.4) is 0 Å². The molecule has 0 saturated heterocycles. The molecule has 6 nitrogen and oxygen atoms in total. The molecule has 9 heteroatoms. The Morgan fingerprint density at radius 3 is 2.46 bits per heavy atom. The van der Waals surface area contributed by atoms with E-state index in [1.54, 1.807) is 6.92 Å². The van der Waals surface area contributed by atoms with E-state index in [1.165, 1.54) is 30.3 Å². The van der Waals surface area contributed by atoms with Gasteiger partial charge in [0, 0.05) is 23.9 Å². The minimum Gasteiger partial charge on any atom is -0.482 e. The molecule has 2 rings (SSSR count). The van der Waals surface area contributed by atoms with Crippen LogP contribution in [0.4, 0.5) is 11.4 Å². The number of amides is 1. The molecule has 0 unspecified atom stereocenters. The van der Waals surface area contributed by atoms with Crippen LogP contribution in [0.1, 0.15) is 5.56 Å². The Kier molecular flexibility index (Phi) is 5.88. The molecule has 0 bridgehead atoms. The Morgan fingerprint density at radius 2 is 1.83 bits per heavy atom. The second-order valence-corrected chi connectivity index (χ2v) is 6.01. The number of nitro benzene ring substituents is 1. The third kappa shape index (κ3) is 4.50. The van der Waals surface area contributed by atoms with Crippen LogP contribution < -0.4 is 10.1 Å². The van der Waals surface area contributed by atoms with Gasteiger partial charge < -0.3 is 10.1 Å². The number of benzene rings is 2. The molecule has 0 atom stereocenters. The number of carbonyl (C=O) groups excluding carboxylic acids is 1. The van der Waals surface area contributed by atoms with E-state index in [1.807, 2.05) is 0 Å². The van der Waals surface area contributed by atoms with Crippen LogP contribution >= 0.6 is 34.8 Å². The fourth-order valence-electron chi connectivity index (χ4n) is 1.85. The predicted molar refractivity (Wildman–Crippen MR) is 93.4 cm³/mol. The van der Waals surface area contributed by atoms with E-state index in [4.69, 9.17) is 39.5 Å². The highest BCUT2D eigenvalue weighted by molar-refractivity contribution is 6.43. The Labute approximate surface area is 152 Å². The van der Waals surface area contributed by atoms with E-state index in [2.05, 4.69) is 5.32 Å². The number of nitrogens with one attached hydrogen (secondary N) is 1. The first-order valence-electron chi connectivity index (χ1n) is 6.60. The summed E-state index contributed by atoms with van der Waals surface area (Å²) in [7, 11) is 0. The predicted octanol–water partition coefficient (Wildman–Crippen LogP) is 4.88. The van der Waals surface area contributed by atoms with Crippen LogP contribution in [-0.2, 0) is 4.79 Å². The summed E-state index contributed by atoms with van der Waals surface area (Å²) in [6.45, 7) is 1.34. The first kappa shape index (κ1) is 18.3. The number of nitrogens with zero attached hydrogens (tertiary/aromatic N) is 1. The van der Waals surface area contributed by atoms with Gasteiger partial charge in [-0.3, -0.25) is 14.9 Å². The van der Waals surface area contributed by atoms with Crippen LogP contribution in [-0.4, -0.2) is 17.4 Å². The van der Waals surface area contributed by atoms with Crippen molar-refractivity contribution in [2.75, 3.05) is 11.9 Å².